The van der Waals surface area contributed by atoms with Crippen LogP contribution >= 0.6 is 27.7 Å². The molecule has 0 saturated carbocycles. The molecule has 6 rings (SSSR count). The van der Waals surface area contributed by atoms with Crippen molar-refractivity contribution in [2.24, 2.45) is 0 Å². The first-order valence-electron chi connectivity index (χ1n) is 10.1. The zero-order valence-electron chi connectivity index (χ0n) is 17.0. The number of benzene rings is 4. The molecule has 6 aromatic rings. The fourth-order valence-electron chi connectivity index (χ4n) is 4.28. The quantitative estimate of drug-likeness (QED) is 0.227. The van der Waals surface area contributed by atoms with Crippen molar-refractivity contribution < 1.29 is 0 Å². The van der Waals surface area contributed by atoms with Gasteiger partial charge in [0.1, 0.15) is 11.0 Å². The number of halogens is 1. The van der Waals surface area contributed by atoms with E-state index < -0.39 is 0 Å². The topological polar surface area (TPSA) is 58.9 Å². The van der Waals surface area contributed by atoms with Crippen LogP contribution in [0.3, 0.4) is 0 Å². The Kier molecular flexibility index (Phi) is 4.48. The third-order valence-corrected chi connectivity index (χ3v) is 6.98. The predicted octanol–water partition coefficient (Wildman–Crippen LogP) is 7.64. The third kappa shape index (κ3) is 3.02. The number of nitrogens with zero attached hydrogens (tertiary/aromatic N) is 5. The van der Waals surface area contributed by atoms with E-state index in [9.17, 15) is 5.26 Å². The maximum atomic E-state index is 9.18. The number of nitriles is 1. The van der Waals surface area contributed by atoms with Crippen LogP contribution < -0.4 is 0 Å². The van der Waals surface area contributed by atoms with Gasteiger partial charge in [0, 0.05) is 21.1 Å². The van der Waals surface area contributed by atoms with Crippen LogP contribution in [0, 0.1) is 17.9 Å². The van der Waals surface area contributed by atoms with Crippen molar-refractivity contribution in [1.29, 1.82) is 5.26 Å². The summed E-state index contributed by atoms with van der Waals surface area (Å²) in [6, 6.07) is 25.9. The van der Waals surface area contributed by atoms with E-state index in [1.165, 1.54) is 11.7 Å². The minimum Gasteiger partial charge on any atom is -0.309 e. The first kappa shape index (κ1) is 19.6. The summed E-state index contributed by atoms with van der Waals surface area (Å²) in [7, 11) is 0. The molecular weight excluding hydrogens is 494 g/mol. The van der Waals surface area contributed by atoms with Crippen molar-refractivity contribution in [3.05, 3.63) is 94.2 Å². The van der Waals surface area contributed by atoms with E-state index in [0.717, 1.165) is 54.1 Å². The molecule has 5 nitrogen and oxygen atoms in total. The molecule has 154 valence electrons. The van der Waals surface area contributed by atoms with E-state index >= 15 is 0 Å². The lowest BCUT2D eigenvalue weighted by molar-refractivity contribution is 1.18. The molecule has 2 heterocycles. The summed E-state index contributed by atoms with van der Waals surface area (Å²) in [6.07, 6.45) is 0. The maximum Gasteiger partial charge on any atom is 0.188 e. The van der Waals surface area contributed by atoms with Gasteiger partial charge >= 0.3 is 0 Å². The first-order chi connectivity index (χ1) is 16.2. The Morgan fingerprint density at radius 2 is 1.61 bits per heavy atom. The maximum absolute atomic E-state index is 9.18. The number of aromatic nitrogens is 3. The van der Waals surface area contributed by atoms with E-state index in [1.54, 1.807) is 0 Å². The minimum absolute atomic E-state index is 0.599. The van der Waals surface area contributed by atoms with Gasteiger partial charge in [0.15, 0.2) is 5.69 Å². The SMILES string of the molecule is [C-]#[N+]c1ccc2c(c1)c1cc(-c3ccc(Br)c4nsnc34)ccc1n2-c1ccc(C#N)cc1. The van der Waals surface area contributed by atoms with Gasteiger partial charge in [0.05, 0.1) is 41.0 Å². The number of fused-ring (bicyclic) bond motifs is 4. The van der Waals surface area contributed by atoms with E-state index in [4.69, 9.17) is 6.57 Å². The average Bonchev–Trinajstić information content (AvgIpc) is 3.47. The normalized spacial score (nSPS) is 11.1. The molecule has 0 N–H and O–H groups in total. The highest BCUT2D eigenvalue weighted by Gasteiger charge is 2.16. The highest BCUT2D eigenvalue weighted by Crippen LogP contribution is 2.38. The van der Waals surface area contributed by atoms with Crippen molar-refractivity contribution in [3.63, 3.8) is 0 Å². The van der Waals surface area contributed by atoms with Gasteiger partial charge in [-0.05, 0) is 81.5 Å². The Balaban J connectivity index is 1.67. The second kappa shape index (κ2) is 7.53. The summed E-state index contributed by atoms with van der Waals surface area (Å²) in [5.74, 6) is 0. The number of hydrogen-bond donors (Lipinski definition) is 0. The summed E-state index contributed by atoms with van der Waals surface area (Å²) in [4.78, 5) is 3.64. The zero-order valence-corrected chi connectivity index (χ0v) is 19.4. The second-order valence-electron chi connectivity index (χ2n) is 7.60. The average molecular weight is 506 g/mol. The fourth-order valence-corrected chi connectivity index (χ4v) is 5.38. The van der Waals surface area contributed by atoms with Crippen molar-refractivity contribution in [2.45, 2.75) is 0 Å². The van der Waals surface area contributed by atoms with Crippen LogP contribution in [0.1, 0.15) is 5.56 Å². The Labute approximate surface area is 201 Å². The van der Waals surface area contributed by atoms with Crippen LogP contribution in [0.5, 0.6) is 0 Å². The highest BCUT2D eigenvalue weighted by atomic mass is 79.9. The standard InChI is InChI=1S/C26H12BrN5S/c1-29-17-5-11-24-21(13-17)20-12-16(19-8-9-22(27)26-25(19)30-33-31-26)4-10-23(20)32(24)18-6-2-15(14-28)3-7-18/h2-13H. The van der Waals surface area contributed by atoms with Gasteiger partial charge in [0.2, 0.25) is 0 Å². The Morgan fingerprint density at radius 1 is 0.879 bits per heavy atom. The Bertz CT molecular complexity index is 1800. The molecule has 0 saturated heterocycles. The van der Waals surface area contributed by atoms with E-state index in [0.29, 0.717) is 11.3 Å². The summed E-state index contributed by atoms with van der Waals surface area (Å²) in [6.45, 7) is 7.48. The van der Waals surface area contributed by atoms with Gasteiger partial charge in [0.25, 0.3) is 0 Å². The molecule has 4 aromatic carbocycles. The Hall–Kier alpha value is -4.04. The molecular formula is C26H12BrN5S. The van der Waals surface area contributed by atoms with Crippen LogP contribution in [-0.4, -0.2) is 13.3 Å². The summed E-state index contributed by atoms with van der Waals surface area (Å²) in [5.41, 5.74) is 8.01. The predicted molar refractivity (Wildman–Crippen MR) is 136 cm³/mol. The van der Waals surface area contributed by atoms with Crippen molar-refractivity contribution in [2.75, 3.05) is 0 Å². The molecule has 0 atom stereocenters. The molecule has 0 aliphatic heterocycles. The van der Waals surface area contributed by atoms with Gasteiger partial charge in [-0.1, -0.05) is 18.2 Å². The summed E-state index contributed by atoms with van der Waals surface area (Å²) < 4.78 is 12.0. The zero-order chi connectivity index (χ0) is 22.5. The Morgan fingerprint density at radius 3 is 2.36 bits per heavy atom. The smallest absolute Gasteiger partial charge is 0.188 e. The van der Waals surface area contributed by atoms with Gasteiger partial charge in [-0.15, -0.1) is 0 Å². The minimum atomic E-state index is 0.599. The van der Waals surface area contributed by atoms with Gasteiger partial charge in [-0.25, -0.2) is 4.85 Å². The number of rotatable bonds is 2. The third-order valence-electron chi connectivity index (χ3n) is 5.81. The molecule has 0 radical (unpaired) electrons. The van der Waals surface area contributed by atoms with E-state index in [2.05, 4.69) is 64.4 Å². The largest absolute Gasteiger partial charge is 0.309 e. The van der Waals surface area contributed by atoms with E-state index in [1.807, 2.05) is 48.5 Å². The molecule has 0 spiro atoms. The molecule has 0 aliphatic rings. The van der Waals surface area contributed by atoms with Crippen LogP contribution in [0.25, 0.3) is 54.5 Å². The molecule has 7 heteroatoms. The first-order valence-corrected chi connectivity index (χ1v) is 11.6. The lowest BCUT2D eigenvalue weighted by Crippen LogP contribution is -1.93. The molecule has 0 unspecified atom stereocenters. The van der Waals surface area contributed by atoms with Gasteiger partial charge < -0.3 is 4.57 Å². The second-order valence-corrected chi connectivity index (χ2v) is 8.98. The van der Waals surface area contributed by atoms with Crippen LogP contribution in [0.2, 0.25) is 0 Å². The van der Waals surface area contributed by atoms with Crippen LogP contribution in [0.15, 0.2) is 77.3 Å². The molecule has 0 bridgehead atoms. The fraction of sp³-hybridized carbons (Fsp3) is 0. The molecule has 33 heavy (non-hydrogen) atoms. The van der Waals surface area contributed by atoms with Crippen LogP contribution in [-0.2, 0) is 0 Å². The van der Waals surface area contributed by atoms with Crippen molar-refractivity contribution in [3.8, 4) is 22.9 Å². The monoisotopic (exact) mass is 505 g/mol. The molecule has 0 fully saturated rings. The number of hydrogen-bond acceptors (Lipinski definition) is 4. The molecule has 0 amide bonds. The molecule has 2 aromatic heterocycles. The lowest BCUT2D eigenvalue weighted by Gasteiger charge is -2.09. The summed E-state index contributed by atoms with van der Waals surface area (Å²) >= 11 is 4.76. The highest BCUT2D eigenvalue weighted by molar-refractivity contribution is 9.10. The van der Waals surface area contributed by atoms with E-state index in [-0.39, 0.29) is 0 Å². The van der Waals surface area contributed by atoms with Gasteiger partial charge in [-0.2, -0.15) is 14.0 Å². The van der Waals surface area contributed by atoms with Crippen LogP contribution in [0.4, 0.5) is 5.69 Å². The summed E-state index contributed by atoms with van der Waals surface area (Å²) in [5, 5.41) is 11.2. The van der Waals surface area contributed by atoms with Crippen molar-refractivity contribution in [1.82, 2.24) is 13.3 Å². The van der Waals surface area contributed by atoms with Crippen molar-refractivity contribution >= 4 is 66.2 Å². The molecule has 0 aliphatic carbocycles. The van der Waals surface area contributed by atoms with Gasteiger partial charge in [-0.3, -0.25) is 0 Å². The lowest BCUT2D eigenvalue weighted by atomic mass is 10.0.